The third-order valence-corrected chi connectivity index (χ3v) is 3.50. The summed E-state index contributed by atoms with van der Waals surface area (Å²) in [7, 11) is 0. The van der Waals surface area contributed by atoms with Gasteiger partial charge < -0.3 is 15.7 Å². The molecule has 0 aliphatic heterocycles. The van der Waals surface area contributed by atoms with Gasteiger partial charge in [0.2, 0.25) is 0 Å². The van der Waals surface area contributed by atoms with Crippen molar-refractivity contribution in [1.82, 2.24) is 10.6 Å². The maximum Gasteiger partial charge on any atom is 0.326 e. The Morgan fingerprint density at radius 2 is 1.74 bits per heavy atom. The van der Waals surface area contributed by atoms with Crippen molar-refractivity contribution in [2.45, 2.75) is 70.9 Å². The van der Waals surface area contributed by atoms with Crippen LogP contribution in [-0.2, 0) is 4.79 Å². The first-order chi connectivity index (χ1) is 8.99. The minimum Gasteiger partial charge on any atom is -0.480 e. The van der Waals surface area contributed by atoms with E-state index in [2.05, 4.69) is 10.6 Å². The molecule has 0 heterocycles. The summed E-state index contributed by atoms with van der Waals surface area (Å²) < 4.78 is 0. The number of carbonyl (C=O) groups is 2. The zero-order valence-electron chi connectivity index (χ0n) is 11.9. The van der Waals surface area contributed by atoms with E-state index in [0.29, 0.717) is 6.42 Å². The van der Waals surface area contributed by atoms with Crippen LogP contribution in [0.2, 0.25) is 0 Å². The van der Waals surface area contributed by atoms with Gasteiger partial charge in [0.25, 0.3) is 0 Å². The number of carbonyl (C=O) groups excluding carboxylic acids is 1. The molecule has 1 aliphatic rings. The molecule has 5 nitrogen and oxygen atoms in total. The maximum atomic E-state index is 11.8. The predicted molar refractivity (Wildman–Crippen MR) is 74.0 cm³/mol. The van der Waals surface area contributed by atoms with E-state index < -0.39 is 12.0 Å². The maximum absolute atomic E-state index is 11.8. The molecular weight excluding hydrogens is 244 g/mol. The molecule has 0 aromatic carbocycles. The molecule has 1 aliphatic carbocycles. The Kier molecular flexibility index (Phi) is 6.67. The second kappa shape index (κ2) is 8.02. The minimum atomic E-state index is -0.968. The normalized spacial score (nSPS) is 18.7. The largest absolute Gasteiger partial charge is 0.480 e. The SMILES string of the molecule is CC(C)C[C@H](NC(=O)NC1CCCCCC1)C(=O)O. The summed E-state index contributed by atoms with van der Waals surface area (Å²) >= 11 is 0. The topological polar surface area (TPSA) is 78.4 Å². The van der Waals surface area contributed by atoms with Gasteiger partial charge in [-0.2, -0.15) is 0 Å². The summed E-state index contributed by atoms with van der Waals surface area (Å²) in [5.41, 5.74) is 0. The molecule has 3 N–H and O–H groups in total. The number of carboxylic acids is 1. The number of hydrogen-bond donors (Lipinski definition) is 3. The lowest BCUT2D eigenvalue weighted by Gasteiger charge is -2.20. The fourth-order valence-corrected chi connectivity index (χ4v) is 2.50. The molecule has 0 aromatic rings. The standard InChI is InChI=1S/C14H26N2O3/c1-10(2)9-12(13(17)18)16-14(19)15-11-7-5-3-4-6-8-11/h10-12H,3-9H2,1-2H3,(H,17,18)(H2,15,16,19)/t12-/m0/s1. The summed E-state index contributed by atoms with van der Waals surface area (Å²) in [5, 5.41) is 14.5. The molecule has 1 saturated carbocycles. The first-order valence-electron chi connectivity index (χ1n) is 7.29. The highest BCUT2D eigenvalue weighted by Gasteiger charge is 2.22. The van der Waals surface area contributed by atoms with Crippen LogP contribution in [0.1, 0.15) is 58.8 Å². The van der Waals surface area contributed by atoms with Gasteiger partial charge in [0, 0.05) is 6.04 Å². The van der Waals surface area contributed by atoms with Crippen molar-refractivity contribution in [2.24, 2.45) is 5.92 Å². The Hall–Kier alpha value is -1.26. The van der Waals surface area contributed by atoms with E-state index in [-0.39, 0.29) is 18.0 Å². The van der Waals surface area contributed by atoms with Gasteiger partial charge in [0.15, 0.2) is 0 Å². The van der Waals surface area contributed by atoms with E-state index in [1.807, 2.05) is 13.8 Å². The molecule has 0 unspecified atom stereocenters. The van der Waals surface area contributed by atoms with Crippen LogP contribution in [0.5, 0.6) is 0 Å². The van der Waals surface area contributed by atoms with Crippen LogP contribution in [-0.4, -0.2) is 29.2 Å². The monoisotopic (exact) mass is 270 g/mol. The van der Waals surface area contributed by atoms with Gasteiger partial charge in [0.1, 0.15) is 6.04 Å². The van der Waals surface area contributed by atoms with Crippen LogP contribution < -0.4 is 10.6 Å². The summed E-state index contributed by atoms with van der Waals surface area (Å²) in [6.07, 6.45) is 7.17. The Morgan fingerprint density at radius 1 is 1.16 bits per heavy atom. The van der Waals surface area contributed by atoms with Crippen molar-refractivity contribution in [3.8, 4) is 0 Å². The van der Waals surface area contributed by atoms with Crippen LogP contribution in [0.15, 0.2) is 0 Å². The van der Waals surface area contributed by atoms with Gasteiger partial charge in [0.05, 0.1) is 0 Å². The number of amides is 2. The van der Waals surface area contributed by atoms with Crippen LogP contribution >= 0.6 is 0 Å². The van der Waals surface area contributed by atoms with E-state index >= 15 is 0 Å². The highest BCUT2D eigenvalue weighted by atomic mass is 16.4. The molecule has 1 rings (SSSR count). The number of rotatable bonds is 5. The molecule has 1 atom stereocenters. The number of hydrogen-bond acceptors (Lipinski definition) is 2. The van der Waals surface area contributed by atoms with E-state index in [0.717, 1.165) is 25.7 Å². The van der Waals surface area contributed by atoms with Crippen LogP contribution in [0.25, 0.3) is 0 Å². The van der Waals surface area contributed by atoms with E-state index in [1.165, 1.54) is 12.8 Å². The Balaban J connectivity index is 2.40. The molecule has 0 radical (unpaired) electrons. The van der Waals surface area contributed by atoms with E-state index in [1.54, 1.807) is 0 Å². The molecular formula is C14H26N2O3. The first kappa shape index (κ1) is 15.8. The Labute approximate surface area is 115 Å². The summed E-state index contributed by atoms with van der Waals surface area (Å²) in [5.74, 6) is -0.732. The van der Waals surface area contributed by atoms with Gasteiger partial charge in [-0.1, -0.05) is 39.5 Å². The number of carboxylic acid groups (broad SMARTS) is 1. The molecule has 2 amide bonds. The molecule has 5 heteroatoms. The molecule has 19 heavy (non-hydrogen) atoms. The van der Waals surface area contributed by atoms with Crippen molar-refractivity contribution < 1.29 is 14.7 Å². The van der Waals surface area contributed by atoms with Crippen LogP contribution in [0.4, 0.5) is 4.79 Å². The van der Waals surface area contributed by atoms with Crippen molar-refractivity contribution >= 4 is 12.0 Å². The van der Waals surface area contributed by atoms with Gasteiger partial charge in [-0.3, -0.25) is 0 Å². The van der Waals surface area contributed by atoms with Crippen LogP contribution in [0, 0.1) is 5.92 Å². The highest BCUT2D eigenvalue weighted by Crippen LogP contribution is 2.17. The lowest BCUT2D eigenvalue weighted by Crippen LogP contribution is -2.49. The minimum absolute atomic E-state index is 0.191. The van der Waals surface area contributed by atoms with Gasteiger partial charge in [-0.05, 0) is 25.2 Å². The van der Waals surface area contributed by atoms with Crippen molar-refractivity contribution in [3.05, 3.63) is 0 Å². The second-order valence-corrected chi connectivity index (χ2v) is 5.83. The zero-order valence-corrected chi connectivity index (χ0v) is 11.9. The number of aliphatic carboxylic acids is 1. The van der Waals surface area contributed by atoms with Gasteiger partial charge in [-0.15, -0.1) is 0 Å². The fourth-order valence-electron chi connectivity index (χ4n) is 2.50. The highest BCUT2D eigenvalue weighted by molar-refractivity contribution is 5.82. The summed E-state index contributed by atoms with van der Waals surface area (Å²) in [4.78, 5) is 22.9. The van der Waals surface area contributed by atoms with Gasteiger partial charge >= 0.3 is 12.0 Å². The van der Waals surface area contributed by atoms with Crippen molar-refractivity contribution in [2.75, 3.05) is 0 Å². The zero-order chi connectivity index (χ0) is 14.3. The first-order valence-corrected chi connectivity index (χ1v) is 7.29. The number of urea groups is 1. The molecule has 0 bridgehead atoms. The molecule has 0 saturated heterocycles. The molecule has 0 spiro atoms. The predicted octanol–water partition coefficient (Wildman–Crippen LogP) is 2.51. The smallest absolute Gasteiger partial charge is 0.326 e. The lowest BCUT2D eigenvalue weighted by molar-refractivity contribution is -0.139. The lowest BCUT2D eigenvalue weighted by atomic mass is 10.0. The van der Waals surface area contributed by atoms with E-state index in [9.17, 15) is 9.59 Å². The average molecular weight is 270 g/mol. The Morgan fingerprint density at radius 3 is 2.21 bits per heavy atom. The quantitative estimate of drug-likeness (QED) is 0.672. The third kappa shape index (κ3) is 6.45. The number of nitrogens with one attached hydrogen (secondary N) is 2. The van der Waals surface area contributed by atoms with E-state index in [4.69, 9.17) is 5.11 Å². The van der Waals surface area contributed by atoms with Crippen LogP contribution in [0.3, 0.4) is 0 Å². The fraction of sp³-hybridized carbons (Fsp3) is 0.857. The average Bonchev–Trinajstić information content (AvgIpc) is 2.56. The van der Waals surface area contributed by atoms with Gasteiger partial charge in [-0.25, -0.2) is 9.59 Å². The Bertz CT molecular complexity index is 297. The summed E-state index contributed by atoms with van der Waals surface area (Å²) in [6, 6.07) is -0.957. The van der Waals surface area contributed by atoms with Crippen molar-refractivity contribution in [3.63, 3.8) is 0 Å². The van der Waals surface area contributed by atoms with Crippen molar-refractivity contribution in [1.29, 1.82) is 0 Å². The summed E-state index contributed by atoms with van der Waals surface area (Å²) in [6.45, 7) is 3.89. The second-order valence-electron chi connectivity index (χ2n) is 5.83. The third-order valence-electron chi connectivity index (χ3n) is 3.50. The molecule has 110 valence electrons. The molecule has 1 fully saturated rings. The molecule has 0 aromatic heterocycles.